The van der Waals surface area contributed by atoms with Gasteiger partial charge < -0.3 is 14.0 Å². The Morgan fingerprint density at radius 2 is 1.19 bits per heavy atom. The molecule has 0 amide bonds. The quantitative estimate of drug-likeness (QED) is 0.0931. The molecule has 0 aromatic heterocycles. The molecule has 0 heterocycles. The average molecular weight is 769 g/mol. The minimum Gasteiger partial charge on any atom is -0.743 e. The van der Waals surface area contributed by atoms with E-state index in [9.17, 15) is 44.5 Å². The summed E-state index contributed by atoms with van der Waals surface area (Å²) in [5.41, 5.74) is 0.725. The van der Waals surface area contributed by atoms with E-state index in [1.54, 1.807) is 0 Å². The Morgan fingerprint density at radius 1 is 0.769 bits per heavy atom. The summed E-state index contributed by atoms with van der Waals surface area (Å²) in [5.74, 6) is -1.85. The Morgan fingerprint density at radius 3 is 1.58 bits per heavy atom. The first-order valence-electron chi connectivity index (χ1n) is 16.9. The fourth-order valence-corrected chi connectivity index (χ4v) is 10.4. The first kappa shape index (κ1) is 39.7. The van der Waals surface area contributed by atoms with Crippen molar-refractivity contribution in [2.24, 2.45) is 23.2 Å². The highest BCUT2D eigenvalue weighted by Gasteiger charge is 2.63. The van der Waals surface area contributed by atoms with Gasteiger partial charge in [0.15, 0.2) is 31.4 Å². The van der Waals surface area contributed by atoms with Gasteiger partial charge in [0.2, 0.25) is 0 Å². The largest absolute Gasteiger partial charge is 0.743 e. The molecule has 0 saturated heterocycles. The van der Waals surface area contributed by atoms with Crippen molar-refractivity contribution in [3.8, 4) is 0 Å². The number of carbonyl (C=O) groups excluding carboxylic acids is 2. The van der Waals surface area contributed by atoms with Gasteiger partial charge in [0.1, 0.15) is 0 Å². The van der Waals surface area contributed by atoms with Crippen molar-refractivity contribution in [2.45, 2.75) is 96.9 Å². The van der Waals surface area contributed by atoms with E-state index in [2.05, 4.69) is 110 Å². The molecule has 0 aliphatic heterocycles. The van der Waals surface area contributed by atoms with Gasteiger partial charge in [-0.1, -0.05) is 69.3 Å². The van der Waals surface area contributed by atoms with E-state index < -0.39 is 51.6 Å². The van der Waals surface area contributed by atoms with E-state index in [1.165, 1.54) is 20.2 Å². The van der Waals surface area contributed by atoms with Crippen molar-refractivity contribution in [1.29, 1.82) is 0 Å². The molecule has 3 aromatic rings. The van der Waals surface area contributed by atoms with Gasteiger partial charge in [-0.05, 0) is 104 Å². The first-order valence-corrected chi connectivity index (χ1v) is 19.5. The normalized spacial score (nSPS) is 23.4. The molecule has 0 spiro atoms. The van der Waals surface area contributed by atoms with E-state index in [0.29, 0.717) is 37.0 Å². The topological polar surface area (TPSA) is 110 Å². The molecule has 52 heavy (non-hydrogen) atoms. The predicted octanol–water partition coefficient (Wildman–Crippen LogP) is 8.44. The summed E-state index contributed by atoms with van der Waals surface area (Å²) in [6.07, 6.45) is -6.00. The Kier molecular flexibility index (Phi) is 11.5. The summed E-state index contributed by atoms with van der Waals surface area (Å²) in [7, 11) is -6.83. The minimum atomic E-state index is -6.78. The Balaban J connectivity index is 0.000000206. The van der Waals surface area contributed by atoms with Crippen LogP contribution >= 0.6 is 0 Å². The molecule has 14 heteroatoms. The van der Waals surface area contributed by atoms with E-state index in [-0.39, 0.29) is 16.3 Å². The zero-order chi connectivity index (χ0) is 38.1. The van der Waals surface area contributed by atoms with Crippen LogP contribution in [0.25, 0.3) is 0 Å². The van der Waals surface area contributed by atoms with Gasteiger partial charge in [0.05, 0.1) is 16.3 Å². The molecular weight excluding hydrogens is 728 g/mol. The van der Waals surface area contributed by atoms with Crippen LogP contribution in [0.15, 0.2) is 99.6 Å². The van der Waals surface area contributed by atoms with Crippen LogP contribution in [0, 0.1) is 23.2 Å². The highest BCUT2D eigenvalue weighted by atomic mass is 32.2. The fraction of sp³-hybridized carbons (Fsp3) is 0.474. The van der Waals surface area contributed by atoms with Gasteiger partial charge >= 0.3 is 23.4 Å². The molecule has 7 rings (SSSR count). The number of rotatable bonds is 9. The zero-order valence-electron chi connectivity index (χ0n) is 28.9. The summed E-state index contributed by atoms with van der Waals surface area (Å²) < 4.78 is 105. The van der Waals surface area contributed by atoms with Crippen molar-refractivity contribution in [2.75, 3.05) is 6.61 Å². The number of alkyl halides is 5. The lowest BCUT2D eigenvalue weighted by atomic mass is 9.49. The van der Waals surface area contributed by atoms with E-state index >= 15 is 0 Å². The SMILES string of the molecule is CC(C)(C)c1ccc([S+](c2ccccc2)c2ccccc2)cc1.O=C(COC(=O)C12CC3CC(CC(C3)C1)C2)OC(C(F)(F)F)C(F)(F)S(=O)(=O)[O-]. The molecule has 7 nitrogen and oxygen atoms in total. The van der Waals surface area contributed by atoms with Gasteiger partial charge in [-0.15, -0.1) is 0 Å². The maximum absolute atomic E-state index is 13.3. The lowest BCUT2D eigenvalue weighted by Crippen LogP contribution is -2.53. The number of hydrogen-bond donors (Lipinski definition) is 0. The molecule has 1 unspecified atom stereocenters. The second-order valence-electron chi connectivity index (χ2n) is 14.9. The van der Waals surface area contributed by atoms with Crippen LogP contribution in [0.1, 0.15) is 64.9 Å². The molecule has 3 aromatic carbocycles. The van der Waals surface area contributed by atoms with Crippen LogP contribution in [0.3, 0.4) is 0 Å². The molecule has 4 aliphatic rings. The van der Waals surface area contributed by atoms with Crippen LogP contribution in [0.2, 0.25) is 0 Å². The summed E-state index contributed by atoms with van der Waals surface area (Å²) in [6.45, 7) is 5.38. The van der Waals surface area contributed by atoms with Crippen molar-refractivity contribution in [1.82, 2.24) is 0 Å². The monoisotopic (exact) mass is 768 g/mol. The zero-order valence-corrected chi connectivity index (χ0v) is 30.5. The van der Waals surface area contributed by atoms with E-state index in [0.717, 1.165) is 19.3 Å². The summed E-state index contributed by atoms with van der Waals surface area (Å²) in [6, 6.07) is 30.7. The average Bonchev–Trinajstić information content (AvgIpc) is 3.06. The van der Waals surface area contributed by atoms with E-state index in [1.807, 2.05) is 0 Å². The maximum atomic E-state index is 13.3. The van der Waals surface area contributed by atoms with Crippen LogP contribution in [-0.4, -0.2) is 49.1 Å². The molecule has 0 N–H and O–H groups in total. The number of ether oxygens (including phenoxy) is 2. The lowest BCUT2D eigenvalue weighted by Gasteiger charge is -2.55. The van der Waals surface area contributed by atoms with E-state index in [4.69, 9.17) is 4.74 Å². The molecule has 282 valence electrons. The van der Waals surface area contributed by atoms with Crippen LogP contribution in [-0.2, 0) is 45.5 Å². The van der Waals surface area contributed by atoms with Crippen LogP contribution in [0.5, 0.6) is 0 Å². The van der Waals surface area contributed by atoms with Gasteiger partial charge in [-0.2, -0.15) is 22.0 Å². The first-order chi connectivity index (χ1) is 24.2. The highest BCUT2D eigenvalue weighted by molar-refractivity contribution is 7.97. The third kappa shape index (κ3) is 8.99. The third-order valence-electron chi connectivity index (χ3n) is 9.89. The summed E-state index contributed by atoms with van der Waals surface area (Å²) in [5, 5.41) is -5.94. The molecule has 1 atom stereocenters. The van der Waals surface area contributed by atoms with Gasteiger partial charge in [-0.3, -0.25) is 4.79 Å². The number of benzene rings is 3. The standard InChI is InChI=1S/C22H23S.C16H19F5O7S/c1-22(2,3)18-14-16-21(17-15-18)23(19-10-6-4-7-11-19)20-12-8-5-9-13-20;17-15(18,19)12(16(20,21)29(24,25)26)28-11(22)7-27-13(23)14-4-8-1-9(5-14)3-10(2-8)6-14/h4-17H,1-3H3;8-10,12H,1-7H2,(H,24,25,26)/q+1;/p-1. The number of carbonyl (C=O) groups is 2. The number of esters is 2. The maximum Gasteiger partial charge on any atom is 0.432 e. The van der Waals surface area contributed by atoms with Crippen molar-refractivity contribution >= 4 is 33.0 Å². The molecule has 4 saturated carbocycles. The molecule has 4 bridgehead atoms. The predicted molar refractivity (Wildman–Crippen MR) is 182 cm³/mol. The highest BCUT2D eigenvalue weighted by Crippen LogP contribution is 2.60. The molecule has 4 fully saturated rings. The summed E-state index contributed by atoms with van der Waals surface area (Å²) in [4.78, 5) is 28.2. The number of hydrogen-bond acceptors (Lipinski definition) is 7. The molecule has 0 radical (unpaired) electrons. The Hall–Kier alpha value is -3.49. The smallest absolute Gasteiger partial charge is 0.432 e. The van der Waals surface area contributed by atoms with Gasteiger partial charge in [0, 0.05) is 0 Å². The molecular formula is C38H41F5O7S2. The molecule has 4 aliphatic carbocycles. The van der Waals surface area contributed by atoms with Crippen molar-refractivity contribution in [3.05, 3.63) is 90.5 Å². The van der Waals surface area contributed by atoms with Gasteiger partial charge in [-0.25, -0.2) is 13.2 Å². The Bertz CT molecular complexity index is 1740. The second-order valence-corrected chi connectivity index (χ2v) is 18.4. The minimum absolute atomic E-state index is 0.0497. The fourth-order valence-electron chi connectivity index (χ4n) is 7.87. The van der Waals surface area contributed by atoms with Gasteiger partial charge in [0.25, 0.3) is 6.10 Å². The van der Waals surface area contributed by atoms with Crippen LogP contribution in [0.4, 0.5) is 22.0 Å². The van der Waals surface area contributed by atoms with Crippen molar-refractivity contribution < 1.29 is 54.0 Å². The summed E-state index contributed by atoms with van der Waals surface area (Å²) >= 11 is 0. The van der Waals surface area contributed by atoms with Crippen molar-refractivity contribution in [3.63, 3.8) is 0 Å². The van der Waals surface area contributed by atoms with Crippen LogP contribution < -0.4 is 0 Å². The second kappa shape index (κ2) is 15.1. The Labute approximate surface area is 303 Å². The third-order valence-corrected chi connectivity index (χ3v) is 13.0. The lowest BCUT2D eigenvalue weighted by molar-refractivity contribution is -0.260. The number of halogens is 5.